The molecule has 2 N–H and O–H groups in total. The summed E-state index contributed by atoms with van der Waals surface area (Å²) in [6.07, 6.45) is 0. The summed E-state index contributed by atoms with van der Waals surface area (Å²) in [6.45, 7) is -0.111. The second-order valence-corrected chi connectivity index (χ2v) is 4.51. The molecule has 0 aliphatic carbocycles. The van der Waals surface area contributed by atoms with Crippen LogP contribution in [-0.4, -0.2) is 20.1 Å². The van der Waals surface area contributed by atoms with Gasteiger partial charge in [0.05, 0.1) is 11.0 Å². The van der Waals surface area contributed by atoms with Crippen molar-refractivity contribution >= 4 is 15.7 Å². The topological polar surface area (TPSA) is 122 Å². The SMILES string of the molecule is NS(=O)(=O)c1cc2c(cc1[N+](=O)[O-])OCO2. The molecule has 1 aliphatic rings. The standard InChI is InChI=1S/C7H6N2O6S/c8-16(12,13)7-2-6-5(14-3-15-6)1-4(7)9(10)11/h1-2H,3H2,(H2,8,12,13). The second kappa shape index (κ2) is 3.32. The van der Waals surface area contributed by atoms with Crippen molar-refractivity contribution in [3.63, 3.8) is 0 Å². The van der Waals surface area contributed by atoms with Gasteiger partial charge in [-0.1, -0.05) is 0 Å². The van der Waals surface area contributed by atoms with Crippen LogP contribution in [0, 0.1) is 10.1 Å². The molecule has 9 heteroatoms. The Labute approximate surface area is 89.8 Å². The monoisotopic (exact) mass is 246 g/mol. The summed E-state index contributed by atoms with van der Waals surface area (Å²) in [7, 11) is -4.18. The van der Waals surface area contributed by atoms with Gasteiger partial charge in [0.25, 0.3) is 5.69 Å². The zero-order valence-corrected chi connectivity index (χ0v) is 8.56. The molecule has 0 saturated heterocycles. The Morgan fingerprint density at radius 1 is 1.31 bits per heavy atom. The minimum absolute atomic E-state index is 0.111. The lowest BCUT2D eigenvalue weighted by Crippen LogP contribution is -2.14. The van der Waals surface area contributed by atoms with Crippen molar-refractivity contribution in [3.8, 4) is 11.5 Å². The number of hydrogen-bond acceptors (Lipinski definition) is 6. The third kappa shape index (κ3) is 1.66. The van der Waals surface area contributed by atoms with Gasteiger partial charge in [-0.05, 0) is 0 Å². The van der Waals surface area contributed by atoms with Crippen LogP contribution in [0.2, 0.25) is 0 Å². The lowest BCUT2D eigenvalue weighted by atomic mass is 10.3. The number of ether oxygens (including phenoxy) is 2. The van der Waals surface area contributed by atoms with Crippen LogP contribution in [-0.2, 0) is 10.0 Å². The van der Waals surface area contributed by atoms with E-state index >= 15 is 0 Å². The lowest BCUT2D eigenvalue weighted by molar-refractivity contribution is -0.387. The van der Waals surface area contributed by atoms with Crippen molar-refractivity contribution < 1.29 is 22.8 Å². The number of nitro groups is 1. The fourth-order valence-electron chi connectivity index (χ4n) is 1.28. The largest absolute Gasteiger partial charge is 0.454 e. The van der Waals surface area contributed by atoms with Crippen LogP contribution in [0.1, 0.15) is 0 Å². The maximum Gasteiger partial charge on any atom is 0.293 e. The third-order valence-corrected chi connectivity index (χ3v) is 2.90. The summed E-state index contributed by atoms with van der Waals surface area (Å²) in [5.74, 6) is 0.244. The molecule has 0 unspecified atom stereocenters. The smallest absolute Gasteiger partial charge is 0.293 e. The molecule has 16 heavy (non-hydrogen) atoms. The first-order chi connectivity index (χ1) is 7.39. The average molecular weight is 246 g/mol. The Balaban J connectivity index is 2.72. The molecule has 8 nitrogen and oxygen atoms in total. The zero-order valence-electron chi connectivity index (χ0n) is 7.74. The Hall–Kier alpha value is -1.87. The number of benzene rings is 1. The van der Waals surface area contributed by atoms with Gasteiger partial charge in [0, 0.05) is 6.07 Å². The highest BCUT2D eigenvalue weighted by molar-refractivity contribution is 7.89. The van der Waals surface area contributed by atoms with E-state index in [0.29, 0.717) is 0 Å². The Morgan fingerprint density at radius 3 is 2.38 bits per heavy atom. The molecule has 86 valence electrons. The summed E-state index contributed by atoms with van der Waals surface area (Å²) in [5, 5.41) is 15.5. The maximum atomic E-state index is 11.1. The summed E-state index contributed by atoms with van der Waals surface area (Å²) < 4.78 is 32.1. The molecule has 0 atom stereocenters. The molecular formula is C7H6N2O6S. The molecule has 0 saturated carbocycles. The predicted octanol–water partition coefficient (Wildman–Crippen LogP) is -0.0291. The minimum atomic E-state index is -4.18. The quantitative estimate of drug-likeness (QED) is 0.577. The van der Waals surface area contributed by atoms with Crippen LogP contribution in [0.4, 0.5) is 5.69 Å². The van der Waals surface area contributed by atoms with Gasteiger partial charge in [0.15, 0.2) is 16.4 Å². The highest BCUT2D eigenvalue weighted by Gasteiger charge is 2.28. The van der Waals surface area contributed by atoms with Gasteiger partial charge in [-0.3, -0.25) is 10.1 Å². The first-order valence-corrected chi connectivity index (χ1v) is 5.55. The van der Waals surface area contributed by atoms with E-state index in [1.54, 1.807) is 0 Å². The number of nitrogens with two attached hydrogens (primary N) is 1. The molecule has 0 spiro atoms. The van der Waals surface area contributed by atoms with Crippen molar-refractivity contribution in [3.05, 3.63) is 22.2 Å². The number of fused-ring (bicyclic) bond motifs is 1. The molecule has 0 radical (unpaired) electrons. The van der Waals surface area contributed by atoms with Gasteiger partial charge in [-0.15, -0.1) is 0 Å². The number of hydrogen-bond donors (Lipinski definition) is 1. The third-order valence-electron chi connectivity index (χ3n) is 1.96. The van der Waals surface area contributed by atoms with E-state index in [2.05, 4.69) is 0 Å². The zero-order chi connectivity index (χ0) is 11.9. The number of primary sulfonamides is 1. The van der Waals surface area contributed by atoms with Crippen molar-refractivity contribution in [2.24, 2.45) is 5.14 Å². The summed E-state index contributed by atoms with van der Waals surface area (Å²) in [4.78, 5) is 9.22. The van der Waals surface area contributed by atoms with E-state index < -0.39 is 25.5 Å². The van der Waals surface area contributed by atoms with Crippen molar-refractivity contribution in [2.75, 3.05) is 6.79 Å². The maximum absolute atomic E-state index is 11.1. The van der Waals surface area contributed by atoms with Crippen LogP contribution in [0.25, 0.3) is 0 Å². The molecular weight excluding hydrogens is 240 g/mol. The van der Waals surface area contributed by atoms with E-state index in [0.717, 1.165) is 12.1 Å². The van der Waals surface area contributed by atoms with E-state index in [1.165, 1.54) is 0 Å². The van der Waals surface area contributed by atoms with E-state index in [4.69, 9.17) is 14.6 Å². The van der Waals surface area contributed by atoms with Gasteiger partial charge in [0.2, 0.25) is 16.8 Å². The van der Waals surface area contributed by atoms with Gasteiger partial charge < -0.3 is 9.47 Å². The fraction of sp³-hybridized carbons (Fsp3) is 0.143. The number of sulfonamides is 1. The highest BCUT2D eigenvalue weighted by atomic mass is 32.2. The molecule has 1 aromatic carbocycles. The van der Waals surface area contributed by atoms with E-state index in [9.17, 15) is 18.5 Å². The van der Waals surface area contributed by atoms with Crippen molar-refractivity contribution in [2.45, 2.75) is 4.90 Å². The van der Waals surface area contributed by atoms with E-state index in [-0.39, 0.29) is 18.3 Å². The van der Waals surface area contributed by atoms with Crippen LogP contribution in [0.3, 0.4) is 0 Å². The fourth-order valence-corrected chi connectivity index (χ4v) is 1.98. The molecule has 2 rings (SSSR count). The normalized spacial score (nSPS) is 13.8. The molecule has 1 aromatic rings. The Morgan fingerprint density at radius 2 is 1.88 bits per heavy atom. The van der Waals surface area contributed by atoms with Gasteiger partial charge in [-0.25, -0.2) is 13.6 Å². The van der Waals surface area contributed by atoms with Gasteiger partial charge >= 0.3 is 0 Å². The summed E-state index contributed by atoms with van der Waals surface area (Å²) in [6, 6.07) is 1.96. The molecule has 0 amide bonds. The summed E-state index contributed by atoms with van der Waals surface area (Å²) >= 11 is 0. The number of rotatable bonds is 2. The molecule has 0 bridgehead atoms. The van der Waals surface area contributed by atoms with Gasteiger partial charge in [0.1, 0.15) is 0 Å². The summed E-state index contributed by atoms with van der Waals surface area (Å²) in [5.41, 5.74) is -0.633. The lowest BCUT2D eigenvalue weighted by Gasteiger charge is -2.02. The predicted molar refractivity (Wildman–Crippen MR) is 50.6 cm³/mol. The molecule has 0 aromatic heterocycles. The average Bonchev–Trinajstić information content (AvgIpc) is 2.60. The molecule has 0 fully saturated rings. The highest BCUT2D eigenvalue weighted by Crippen LogP contribution is 2.39. The van der Waals surface area contributed by atoms with E-state index in [1.807, 2.05) is 0 Å². The van der Waals surface area contributed by atoms with Crippen LogP contribution >= 0.6 is 0 Å². The molecule has 1 heterocycles. The number of nitro benzene ring substituents is 1. The Bertz CT molecular complexity index is 566. The Kier molecular flexibility index (Phi) is 2.21. The van der Waals surface area contributed by atoms with Crippen LogP contribution < -0.4 is 14.6 Å². The molecule has 1 aliphatic heterocycles. The minimum Gasteiger partial charge on any atom is -0.454 e. The van der Waals surface area contributed by atoms with Crippen LogP contribution in [0.15, 0.2) is 17.0 Å². The van der Waals surface area contributed by atoms with Gasteiger partial charge in [-0.2, -0.15) is 0 Å². The first-order valence-electron chi connectivity index (χ1n) is 4.00. The van der Waals surface area contributed by atoms with Crippen molar-refractivity contribution in [1.82, 2.24) is 0 Å². The number of nitrogens with zero attached hydrogens (tertiary/aromatic N) is 1. The first kappa shape index (κ1) is 10.6. The second-order valence-electron chi connectivity index (χ2n) is 2.98. The van der Waals surface area contributed by atoms with Crippen molar-refractivity contribution in [1.29, 1.82) is 0 Å². The van der Waals surface area contributed by atoms with Crippen LogP contribution in [0.5, 0.6) is 11.5 Å².